The molecule has 0 bridgehead atoms. The van der Waals surface area contributed by atoms with Crippen molar-refractivity contribution in [3.8, 4) is 0 Å². The van der Waals surface area contributed by atoms with Gasteiger partial charge in [-0.25, -0.2) is 0 Å². The lowest BCUT2D eigenvalue weighted by Crippen LogP contribution is -2.38. The van der Waals surface area contributed by atoms with Gasteiger partial charge in [-0.15, -0.1) is 10.2 Å². The van der Waals surface area contributed by atoms with Gasteiger partial charge in [0.1, 0.15) is 5.82 Å². The molecule has 0 amide bonds. The summed E-state index contributed by atoms with van der Waals surface area (Å²) in [6, 6.07) is 10.8. The number of aryl methyl sites for hydroxylation is 1. The number of hydrogen-bond acceptors (Lipinski definition) is 4. The highest BCUT2D eigenvalue weighted by atomic mass is 32.2. The molecule has 1 aromatic carbocycles. The molecule has 1 saturated carbocycles. The summed E-state index contributed by atoms with van der Waals surface area (Å²) in [6.07, 6.45) is 6.43. The quantitative estimate of drug-likeness (QED) is 0.246. The van der Waals surface area contributed by atoms with Crippen molar-refractivity contribution in [2.75, 3.05) is 25.9 Å². The molecule has 1 heterocycles. The lowest BCUT2D eigenvalue weighted by atomic mass is 9.96. The lowest BCUT2D eigenvalue weighted by Gasteiger charge is -2.16. The Kier molecular flexibility index (Phi) is 8.19. The highest BCUT2D eigenvalue weighted by Gasteiger charge is 2.43. The van der Waals surface area contributed by atoms with E-state index in [2.05, 4.69) is 82.8 Å². The number of aliphatic imine (C=N–C) groups is 1. The van der Waals surface area contributed by atoms with E-state index in [1.807, 2.05) is 0 Å². The lowest BCUT2D eigenvalue weighted by molar-refractivity contribution is 0.477. The van der Waals surface area contributed by atoms with Gasteiger partial charge in [-0.1, -0.05) is 55.9 Å². The van der Waals surface area contributed by atoms with Crippen LogP contribution in [0.15, 0.2) is 40.5 Å². The molecule has 30 heavy (non-hydrogen) atoms. The maximum atomic E-state index is 4.90. The normalized spacial score (nSPS) is 15.4. The monoisotopic (exact) mass is 428 g/mol. The van der Waals surface area contributed by atoms with Crippen LogP contribution in [0.1, 0.15) is 51.4 Å². The highest BCUT2D eigenvalue weighted by Crippen LogP contribution is 2.48. The van der Waals surface area contributed by atoms with Crippen LogP contribution in [0.25, 0.3) is 0 Å². The fourth-order valence-corrected chi connectivity index (χ4v) is 4.23. The third-order valence-corrected chi connectivity index (χ3v) is 6.18. The number of aromatic nitrogens is 3. The molecule has 7 heteroatoms. The van der Waals surface area contributed by atoms with Gasteiger partial charge in [-0.2, -0.15) is 0 Å². The van der Waals surface area contributed by atoms with Gasteiger partial charge in [-0.3, -0.25) is 4.99 Å². The van der Waals surface area contributed by atoms with Crippen LogP contribution < -0.4 is 10.6 Å². The number of nitrogens with one attached hydrogen (secondary N) is 2. The Morgan fingerprint density at radius 3 is 2.60 bits per heavy atom. The zero-order chi connectivity index (χ0) is 21.4. The highest BCUT2D eigenvalue weighted by molar-refractivity contribution is 7.98. The van der Waals surface area contributed by atoms with Gasteiger partial charge >= 0.3 is 0 Å². The van der Waals surface area contributed by atoms with Gasteiger partial charge in [0.05, 0.1) is 6.54 Å². The Bertz CT molecular complexity index is 810. The number of benzene rings is 1. The number of rotatable bonds is 11. The fourth-order valence-electron chi connectivity index (χ4n) is 3.71. The Morgan fingerprint density at radius 1 is 1.20 bits per heavy atom. The fraction of sp³-hybridized carbons (Fsp3) is 0.609. The second-order valence-corrected chi connectivity index (χ2v) is 9.25. The van der Waals surface area contributed by atoms with Gasteiger partial charge < -0.3 is 15.2 Å². The first-order valence-electron chi connectivity index (χ1n) is 11.1. The topological polar surface area (TPSA) is 67.1 Å². The van der Waals surface area contributed by atoms with Crippen molar-refractivity contribution in [1.82, 2.24) is 25.4 Å². The first kappa shape index (κ1) is 22.7. The molecule has 0 unspecified atom stereocenters. The number of thioether (sulfide) groups is 1. The summed E-state index contributed by atoms with van der Waals surface area (Å²) in [7, 11) is 0. The molecule has 0 radical (unpaired) electrons. The summed E-state index contributed by atoms with van der Waals surface area (Å²) >= 11 is 1.67. The second kappa shape index (κ2) is 10.8. The van der Waals surface area contributed by atoms with Gasteiger partial charge in [0, 0.05) is 31.5 Å². The van der Waals surface area contributed by atoms with Gasteiger partial charge in [0.15, 0.2) is 11.1 Å². The van der Waals surface area contributed by atoms with Gasteiger partial charge in [0.25, 0.3) is 0 Å². The minimum absolute atomic E-state index is 0.241. The van der Waals surface area contributed by atoms with E-state index >= 15 is 0 Å². The molecule has 0 saturated heterocycles. The van der Waals surface area contributed by atoms with Crippen molar-refractivity contribution >= 4 is 17.7 Å². The van der Waals surface area contributed by atoms with E-state index in [0.29, 0.717) is 5.92 Å². The molecule has 1 fully saturated rings. The van der Waals surface area contributed by atoms with E-state index in [1.54, 1.807) is 11.8 Å². The number of hydrogen-bond donors (Lipinski definition) is 2. The van der Waals surface area contributed by atoms with E-state index < -0.39 is 0 Å². The van der Waals surface area contributed by atoms with E-state index in [9.17, 15) is 0 Å². The van der Waals surface area contributed by atoms with Crippen molar-refractivity contribution in [2.24, 2.45) is 10.9 Å². The van der Waals surface area contributed by atoms with Crippen molar-refractivity contribution in [3.05, 3.63) is 41.7 Å². The molecule has 0 aliphatic heterocycles. The predicted octanol–water partition coefficient (Wildman–Crippen LogP) is 3.88. The summed E-state index contributed by atoms with van der Waals surface area (Å²) in [6.45, 7) is 10.1. The molecule has 1 aliphatic carbocycles. The zero-order valence-corrected chi connectivity index (χ0v) is 19.6. The standard InChI is InChI=1S/C23H36N6S/c1-5-24-21(26-17-23(13-14-23)19-10-7-6-8-11-19)25-15-9-12-20-27-28-22(30-4)29(20)16-18(2)3/h6-8,10-11,18H,5,9,12-17H2,1-4H3,(H2,24,25,26). The first-order valence-corrected chi connectivity index (χ1v) is 12.3. The second-order valence-electron chi connectivity index (χ2n) is 8.48. The van der Waals surface area contributed by atoms with Crippen LogP contribution >= 0.6 is 11.8 Å². The molecular weight excluding hydrogens is 392 g/mol. The molecular formula is C23H36N6S. The summed E-state index contributed by atoms with van der Waals surface area (Å²) in [5.41, 5.74) is 1.66. The Hall–Kier alpha value is -2.02. The third-order valence-electron chi connectivity index (χ3n) is 5.52. The Labute approximate surface area is 185 Å². The van der Waals surface area contributed by atoms with Crippen LogP contribution in [-0.2, 0) is 18.4 Å². The van der Waals surface area contributed by atoms with Crippen molar-refractivity contribution < 1.29 is 0 Å². The minimum atomic E-state index is 0.241. The Morgan fingerprint density at radius 2 is 1.97 bits per heavy atom. The third kappa shape index (κ3) is 6.00. The van der Waals surface area contributed by atoms with Gasteiger partial charge in [0.2, 0.25) is 0 Å². The summed E-state index contributed by atoms with van der Waals surface area (Å²) in [5.74, 6) is 2.57. The van der Waals surface area contributed by atoms with E-state index in [0.717, 1.165) is 56.0 Å². The number of nitrogens with zero attached hydrogens (tertiary/aromatic N) is 4. The van der Waals surface area contributed by atoms with Crippen molar-refractivity contribution in [1.29, 1.82) is 0 Å². The van der Waals surface area contributed by atoms with Crippen molar-refractivity contribution in [3.63, 3.8) is 0 Å². The first-order chi connectivity index (χ1) is 14.6. The molecule has 1 aliphatic rings. The van der Waals surface area contributed by atoms with Crippen LogP contribution in [0.4, 0.5) is 0 Å². The molecule has 0 atom stereocenters. The Balaban J connectivity index is 1.52. The summed E-state index contributed by atoms with van der Waals surface area (Å²) < 4.78 is 2.27. The van der Waals surface area contributed by atoms with Gasteiger partial charge in [-0.05, 0) is 43.9 Å². The van der Waals surface area contributed by atoms with E-state index in [-0.39, 0.29) is 5.41 Å². The average molecular weight is 429 g/mol. The smallest absolute Gasteiger partial charge is 0.191 e. The molecule has 3 rings (SSSR count). The van der Waals surface area contributed by atoms with Crippen LogP contribution in [0.2, 0.25) is 0 Å². The van der Waals surface area contributed by atoms with Crippen molar-refractivity contribution in [2.45, 2.75) is 63.6 Å². The molecule has 164 valence electrons. The molecule has 2 aromatic rings. The number of guanidine groups is 1. The molecule has 1 aromatic heterocycles. The average Bonchev–Trinajstić information content (AvgIpc) is 3.45. The van der Waals surface area contributed by atoms with E-state index in [1.165, 1.54) is 18.4 Å². The SMILES string of the molecule is CCNC(=NCC1(c2ccccc2)CC1)NCCCc1nnc(SC)n1CC(C)C. The molecule has 0 spiro atoms. The maximum absolute atomic E-state index is 4.90. The summed E-state index contributed by atoms with van der Waals surface area (Å²) in [5, 5.41) is 16.7. The van der Waals surface area contributed by atoms with E-state index in [4.69, 9.17) is 4.99 Å². The maximum Gasteiger partial charge on any atom is 0.191 e. The largest absolute Gasteiger partial charge is 0.357 e. The van der Waals surface area contributed by atoms with Crippen LogP contribution in [0, 0.1) is 5.92 Å². The summed E-state index contributed by atoms with van der Waals surface area (Å²) in [4.78, 5) is 4.90. The van der Waals surface area contributed by atoms with Crippen LogP contribution in [0.5, 0.6) is 0 Å². The molecule has 6 nitrogen and oxygen atoms in total. The zero-order valence-electron chi connectivity index (χ0n) is 18.8. The van der Waals surface area contributed by atoms with Crippen LogP contribution in [0.3, 0.4) is 0 Å². The van der Waals surface area contributed by atoms with Crippen LogP contribution in [-0.4, -0.2) is 46.6 Å². The minimum Gasteiger partial charge on any atom is -0.357 e. The molecule has 2 N–H and O–H groups in total. The predicted molar refractivity (Wildman–Crippen MR) is 126 cm³/mol.